The van der Waals surface area contributed by atoms with E-state index in [1.165, 1.54) is 11.1 Å². The number of fused-ring (bicyclic) bond motifs is 2. The maximum absolute atomic E-state index is 9.17. The fourth-order valence-electron chi connectivity index (χ4n) is 3.98. The zero-order valence-corrected chi connectivity index (χ0v) is 15.5. The lowest BCUT2D eigenvalue weighted by atomic mass is 9.88. The van der Waals surface area contributed by atoms with Gasteiger partial charge < -0.3 is 4.74 Å². The van der Waals surface area contributed by atoms with Crippen molar-refractivity contribution < 1.29 is 4.74 Å². The van der Waals surface area contributed by atoms with E-state index in [0.29, 0.717) is 5.56 Å². The smallest absolute Gasteiger partial charge is 0.125 e. The Labute approximate surface area is 162 Å². The molecule has 0 bridgehead atoms. The third-order valence-corrected chi connectivity index (χ3v) is 5.39. The molecule has 0 radical (unpaired) electrons. The monoisotopic (exact) mass is 369 g/mol. The Morgan fingerprint density at radius 1 is 1.25 bits per heavy atom. The van der Waals surface area contributed by atoms with Crippen molar-refractivity contribution in [3.05, 3.63) is 71.2 Å². The van der Waals surface area contributed by atoms with Gasteiger partial charge in [-0.25, -0.2) is 4.68 Å². The standard InChI is InChI=1S/C22H19N5O/c1-14-7-17-11-26-27(18-12-24-25-13-18)20(17)9-22(14)28-21-4-2-3-16-8-15(10-23)5-6-19(16)21/h5-9,11-13,21H,2-4H2,1H3,(H,24,25)/t21-/m0/s1. The van der Waals surface area contributed by atoms with Crippen LogP contribution in [-0.2, 0) is 6.42 Å². The number of aryl methyl sites for hydroxylation is 2. The summed E-state index contributed by atoms with van der Waals surface area (Å²) in [4.78, 5) is 0. The van der Waals surface area contributed by atoms with Crippen LogP contribution in [0.15, 0.2) is 48.9 Å². The summed E-state index contributed by atoms with van der Waals surface area (Å²) in [6.45, 7) is 2.06. The quantitative estimate of drug-likeness (QED) is 0.581. The highest BCUT2D eigenvalue weighted by atomic mass is 16.5. The molecule has 2 aromatic heterocycles. The minimum Gasteiger partial charge on any atom is -0.485 e. The van der Waals surface area contributed by atoms with E-state index < -0.39 is 0 Å². The van der Waals surface area contributed by atoms with Crippen LogP contribution in [0.1, 0.15) is 41.2 Å². The molecule has 1 aliphatic rings. The number of nitrogens with zero attached hydrogens (tertiary/aromatic N) is 4. The SMILES string of the molecule is Cc1cc2cnn(-c3cn[nH]c3)c2cc1O[C@H]1CCCc2cc(C#N)ccc21. The van der Waals surface area contributed by atoms with Gasteiger partial charge in [0.2, 0.25) is 0 Å². The Balaban J connectivity index is 1.53. The molecule has 1 N–H and O–H groups in total. The van der Waals surface area contributed by atoms with Gasteiger partial charge in [-0.1, -0.05) is 6.07 Å². The molecule has 138 valence electrons. The molecule has 0 aliphatic heterocycles. The van der Waals surface area contributed by atoms with Gasteiger partial charge in [-0.3, -0.25) is 5.10 Å². The first-order valence-corrected chi connectivity index (χ1v) is 9.40. The van der Waals surface area contributed by atoms with Crippen molar-refractivity contribution in [2.75, 3.05) is 0 Å². The van der Waals surface area contributed by atoms with Gasteiger partial charge in [0.05, 0.1) is 29.5 Å². The van der Waals surface area contributed by atoms with Crippen LogP contribution in [0.2, 0.25) is 0 Å². The molecule has 6 heteroatoms. The first-order valence-electron chi connectivity index (χ1n) is 9.40. The summed E-state index contributed by atoms with van der Waals surface area (Å²) in [7, 11) is 0. The van der Waals surface area contributed by atoms with E-state index >= 15 is 0 Å². The average Bonchev–Trinajstić information content (AvgIpc) is 3.37. The first kappa shape index (κ1) is 16.6. The summed E-state index contributed by atoms with van der Waals surface area (Å²) < 4.78 is 8.35. The molecule has 2 aromatic carbocycles. The van der Waals surface area contributed by atoms with Crippen LogP contribution in [-0.4, -0.2) is 20.0 Å². The zero-order valence-electron chi connectivity index (χ0n) is 15.5. The van der Waals surface area contributed by atoms with Gasteiger partial charge in [-0.2, -0.15) is 15.5 Å². The first-order chi connectivity index (χ1) is 13.7. The third-order valence-electron chi connectivity index (χ3n) is 5.39. The number of aromatic nitrogens is 4. The predicted molar refractivity (Wildman–Crippen MR) is 105 cm³/mol. The summed E-state index contributed by atoms with van der Waals surface area (Å²) in [5.41, 5.74) is 6.07. The highest BCUT2D eigenvalue weighted by molar-refractivity contribution is 5.83. The molecule has 0 spiro atoms. The molecule has 2 heterocycles. The van der Waals surface area contributed by atoms with Crippen molar-refractivity contribution in [2.45, 2.75) is 32.3 Å². The third kappa shape index (κ3) is 2.72. The van der Waals surface area contributed by atoms with Crippen LogP contribution in [0.5, 0.6) is 5.75 Å². The minimum absolute atomic E-state index is 0.00191. The summed E-state index contributed by atoms with van der Waals surface area (Å²) in [6, 6.07) is 12.3. The maximum Gasteiger partial charge on any atom is 0.125 e. The summed E-state index contributed by atoms with van der Waals surface area (Å²) >= 11 is 0. The number of ether oxygens (including phenoxy) is 1. The molecule has 1 atom stereocenters. The Hall–Kier alpha value is -3.59. The molecule has 6 nitrogen and oxygen atoms in total. The van der Waals surface area contributed by atoms with Crippen molar-refractivity contribution in [3.8, 4) is 17.5 Å². The van der Waals surface area contributed by atoms with Crippen molar-refractivity contribution in [3.63, 3.8) is 0 Å². The average molecular weight is 369 g/mol. The normalized spacial score (nSPS) is 15.9. The maximum atomic E-state index is 9.17. The molecular formula is C22H19N5O. The van der Waals surface area contributed by atoms with Crippen LogP contribution in [0.25, 0.3) is 16.6 Å². The minimum atomic E-state index is -0.00191. The second-order valence-electron chi connectivity index (χ2n) is 7.21. The van der Waals surface area contributed by atoms with Crippen LogP contribution in [0, 0.1) is 18.3 Å². The molecule has 5 rings (SSSR count). The van der Waals surface area contributed by atoms with Crippen molar-refractivity contribution in [1.82, 2.24) is 20.0 Å². The summed E-state index contributed by atoms with van der Waals surface area (Å²) in [6.07, 6.45) is 8.44. The molecular weight excluding hydrogens is 350 g/mol. The lowest BCUT2D eigenvalue weighted by Gasteiger charge is -2.27. The number of hydrogen-bond donors (Lipinski definition) is 1. The van der Waals surface area contributed by atoms with E-state index in [9.17, 15) is 0 Å². The van der Waals surface area contributed by atoms with Gasteiger partial charge in [0.1, 0.15) is 17.5 Å². The van der Waals surface area contributed by atoms with Crippen molar-refractivity contribution in [2.24, 2.45) is 0 Å². The summed E-state index contributed by atoms with van der Waals surface area (Å²) in [5.74, 6) is 0.861. The molecule has 28 heavy (non-hydrogen) atoms. The molecule has 0 saturated carbocycles. The molecule has 0 fully saturated rings. The van der Waals surface area contributed by atoms with Gasteiger partial charge in [0.25, 0.3) is 0 Å². The summed E-state index contributed by atoms with van der Waals surface area (Å²) in [5, 5.41) is 21.6. The lowest BCUT2D eigenvalue weighted by Crippen LogP contribution is -2.16. The Bertz CT molecular complexity index is 1200. The second kappa shape index (κ2) is 6.54. The number of aromatic amines is 1. The van der Waals surface area contributed by atoms with Gasteiger partial charge in [0, 0.05) is 17.6 Å². The molecule has 0 saturated heterocycles. The number of hydrogen-bond acceptors (Lipinski definition) is 4. The van der Waals surface area contributed by atoms with Crippen molar-refractivity contribution in [1.29, 1.82) is 5.26 Å². The largest absolute Gasteiger partial charge is 0.485 e. The molecule has 0 amide bonds. The highest BCUT2D eigenvalue weighted by Gasteiger charge is 2.23. The molecule has 4 aromatic rings. The zero-order chi connectivity index (χ0) is 19.1. The van der Waals surface area contributed by atoms with Gasteiger partial charge in [-0.15, -0.1) is 0 Å². The van der Waals surface area contributed by atoms with Crippen molar-refractivity contribution >= 4 is 10.9 Å². The van der Waals surface area contributed by atoms with E-state index in [4.69, 9.17) is 10.00 Å². The Morgan fingerprint density at radius 3 is 3.00 bits per heavy atom. The number of benzene rings is 2. The number of nitrogens with one attached hydrogen (secondary N) is 1. The molecule has 1 aliphatic carbocycles. The highest BCUT2D eigenvalue weighted by Crippen LogP contribution is 2.36. The van der Waals surface area contributed by atoms with Gasteiger partial charge >= 0.3 is 0 Å². The fourth-order valence-corrected chi connectivity index (χ4v) is 3.98. The van der Waals surface area contributed by atoms with E-state index in [0.717, 1.165) is 47.2 Å². The number of H-pyrrole nitrogens is 1. The Kier molecular flexibility index (Phi) is 3.87. The van der Waals surface area contributed by atoms with E-state index in [1.54, 1.807) is 6.20 Å². The van der Waals surface area contributed by atoms with E-state index in [1.807, 2.05) is 35.3 Å². The second-order valence-corrected chi connectivity index (χ2v) is 7.21. The van der Waals surface area contributed by atoms with Crippen LogP contribution >= 0.6 is 0 Å². The van der Waals surface area contributed by atoms with E-state index in [-0.39, 0.29) is 6.10 Å². The topological polar surface area (TPSA) is 79.5 Å². The Morgan fingerprint density at radius 2 is 2.18 bits per heavy atom. The van der Waals surface area contributed by atoms with Crippen LogP contribution in [0.4, 0.5) is 0 Å². The van der Waals surface area contributed by atoms with Gasteiger partial charge in [0.15, 0.2) is 0 Å². The van der Waals surface area contributed by atoms with Crippen LogP contribution in [0.3, 0.4) is 0 Å². The molecule has 0 unspecified atom stereocenters. The number of rotatable bonds is 3. The predicted octanol–water partition coefficient (Wildman–Crippen LogP) is 4.39. The number of nitriles is 1. The van der Waals surface area contributed by atoms with Gasteiger partial charge in [-0.05, 0) is 61.1 Å². The van der Waals surface area contributed by atoms with E-state index in [2.05, 4.69) is 40.4 Å². The van der Waals surface area contributed by atoms with Crippen LogP contribution < -0.4 is 4.74 Å². The lowest BCUT2D eigenvalue weighted by molar-refractivity contribution is 0.182. The fraction of sp³-hybridized carbons (Fsp3) is 0.227.